The quantitative estimate of drug-likeness (QED) is 0.920. The van der Waals surface area contributed by atoms with E-state index in [2.05, 4.69) is 30.8 Å². The van der Waals surface area contributed by atoms with Crippen molar-refractivity contribution in [3.63, 3.8) is 0 Å². The number of hydrogen-bond acceptors (Lipinski definition) is 4. The number of anilines is 2. The van der Waals surface area contributed by atoms with E-state index >= 15 is 0 Å². The van der Waals surface area contributed by atoms with Gasteiger partial charge in [-0.15, -0.1) is 0 Å². The molecule has 2 aliphatic carbocycles. The van der Waals surface area contributed by atoms with Gasteiger partial charge in [-0.25, -0.2) is 4.98 Å². The van der Waals surface area contributed by atoms with Crippen LogP contribution in [0.4, 0.5) is 11.8 Å². The zero-order valence-electron chi connectivity index (χ0n) is 9.06. The highest BCUT2D eigenvalue weighted by Gasteiger charge is 2.35. The lowest BCUT2D eigenvalue weighted by Gasteiger charge is -2.24. The highest BCUT2D eigenvalue weighted by molar-refractivity contribution is 9.10. The third kappa shape index (κ3) is 2.14. The molecule has 0 amide bonds. The van der Waals surface area contributed by atoms with Crippen LogP contribution < -0.4 is 10.6 Å². The van der Waals surface area contributed by atoms with Crippen molar-refractivity contribution < 1.29 is 0 Å². The first-order valence-corrected chi connectivity index (χ1v) is 6.58. The minimum absolute atomic E-state index is 0.361. The maximum absolute atomic E-state index is 5.66. The largest absolute Gasteiger partial charge is 0.368 e. The van der Waals surface area contributed by atoms with E-state index < -0.39 is 0 Å². The van der Waals surface area contributed by atoms with Gasteiger partial charge in [-0.1, -0.05) is 0 Å². The first kappa shape index (κ1) is 10.3. The lowest BCUT2D eigenvalue weighted by molar-refractivity contribution is 0.706. The second kappa shape index (κ2) is 3.87. The van der Waals surface area contributed by atoms with Crippen LogP contribution >= 0.6 is 15.9 Å². The first-order valence-electron chi connectivity index (χ1n) is 5.78. The van der Waals surface area contributed by atoms with E-state index in [1.54, 1.807) is 6.20 Å². The molecule has 16 heavy (non-hydrogen) atoms. The van der Waals surface area contributed by atoms with Crippen molar-refractivity contribution in [1.29, 1.82) is 0 Å². The number of halogens is 1. The molecule has 0 aromatic carbocycles. The Hall–Kier alpha value is -0.840. The zero-order chi connectivity index (χ0) is 11.1. The van der Waals surface area contributed by atoms with Crippen LogP contribution in [0.1, 0.15) is 25.7 Å². The Morgan fingerprint density at radius 2 is 2.12 bits per heavy atom. The lowest BCUT2D eigenvalue weighted by Crippen LogP contribution is -2.29. The molecule has 2 fully saturated rings. The van der Waals surface area contributed by atoms with Crippen LogP contribution in [-0.2, 0) is 0 Å². The van der Waals surface area contributed by atoms with Gasteiger partial charge in [0.1, 0.15) is 5.82 Å². The minimum Gasteiger partial charge on any atom is -0.368 e. The maximum atomic E-state index is 5.66. The Labute approximate surface area is 103 Å². The summed E-state index contributed by atoms with van der Waals surface area (Å²) in [6.07, 6.45) is 7.04. The van der Waals surface area contributed by atoms with Crippen LogP contribution in [0.15, 0.2) is 10.7 Å². The normalized spacial score (nSPS) is 19.8. The standard InChI is InChI=1S/C11H15BrN4/c12-9-5-14-11(13)15-10(9)16(8-3-4-8)6-7-1-2-7/h5,7-8H,1-4,6H2,(H2,13,14,15). The van der Waals surface area contributed by atoms with Crippen LogP contribution in [0.5, 0.6) is 0 Å². The van der Waals surface area contributed by atoms with Crippen molar-refractivity contribution in [3.05, 3.63) is 10.7 Å². The second-order valence-corrected chi connectivity index (χ2v) is 5.58. The number of nitrogen functional groups attached to an aromatic ring is 1. The average molecular weight is 283 g/mol. The molecule has 0 radical (unpaired) electrons. The van der Waals surface area contributed by atoms with E-state index in [9.17, 15) is 0 Å². The molecule has 0 unspecified atom stereocenters. The fourth-order valence-corrected chi connectivity index (χ4v) is 2.36. The molecule has 0 saturated heterocycles. The SMILES string of the molecule is Nc1ncc(Br)c(N(CC2CC2)C2CC2)n1. The van der Waals surface area contributed by atoms with Crippen molar-refractivity contribution in [2.45, 2.75) is 31.7 Å². The Bertz CT molecular complexity index is 401. The number of nitrogens with zero attached hydrogens (tertiary/aromatic N) is 3. The molecule has 0 aliphatic heterocycles. The smallest absolute Gasteiger partial charge is 0.222 e. The number of hydrogen-bond donors (Lipinski definition) is 1. The van der Waals surface area contributed by atoms with Crippen molar-refractivity contribution in [3.8, 4) is 0 Å². The minimum atomic E-state index is 0.361. The van der Waals surface area contributed by atoms with E-state index in [0.717, 1.165) is 22.8 Å². The van der Waals surface area contributed by atoms with Gasteiger partial charge in [-0.2, -0.15) is 4.98 Å². The molecular weight excluding hydrogens is 268 g/mol. The molecule has 1 aromatic heterocycles. The summed E-state index contributed by atoms with van der Waals surface area (Å²) >= 11 is 3.52. The van der Waals surface area contributed by atoms with Crippen LogP contribution in [0.3, 0.4) is 0 Å². The predicted octanol–water partition coefficient (Wildman–Crippen LogP) is 2.20. The molecule has 2 N–H and O–H groups in total. The van der Waals surface area contributed by atoms with Gasteiger partial charge in [-0.05, 0) is 47.5 Å². The average Bonchev–Trinajstić information content (AvgIpc) is 3.12. The summed E-state index contributed by atoms with van der Waals surface area (Å²) in [5, 5.41) is 0. The Morgan fingerprint density at radius 1 is 1.38 bits per heavy atom. The number of nitrogens with two attached hydrogens (primary N) is 1. The van der Waals surface area contributed by atoms with E-state index in [4.69, 9.17) is 5.73 Å². The van der Waals surface area contributed by atoms with E-state index in [1.807, 2.05) is 0 Å². The molecule has 1 aromatic rings. The van der Waals surface area contributed by atoms with Gasteiger partial charge in [0.25, 0.3) is 0 Å². The summed E-state index contributed by atoms with van der Waals surface area (Å²) in [5.74, 6) is 2.20. The van der Waals surface area contributed by atoms with E-state index in [1.165, 1.54) is 25.7 Å². The van der Waals surface area contributed by atoms with Gasteiger partial charge in [0, 0.05) is 18.8 Å². The van der Waals surface area contributed by atoms with Crippen LogP contribution in [0, 0.1) is 5.92 Å². The summed E-state index contributed by atoms with van der Waals surface area (Å²) in [6.45, 7) is 1.12. The van der Waals surface area contributed by atoms with Crippen molar-refractivity contribution in [2.75, 3.05) is 17.2 Å². The highest BCUT2D eigenvalue weighted by atomic mass is 79.9. The molecule has 86 valence electrons. The monoisotopic (exact) mass is 282 g/mol. The van der Waals surface area contributed by atoms with E-state index in [0.29, 0.717) is 12.0 Å². The molecule has 4 nitrogen and oxygen atoms in total. The summed E-state index contributed by atoms with van der Waals surface area (Å²) in [5.41, 5.74) is 5.66. The maximum Gasteiger partial charge on any atom is 0.222 e. The molecular formula is C11H15BrN4. The van der Waals surface area contributed by atoms with Gasteiger partial charge in [0.2, 0.25) is 5.95 Å². The van der Waals surface area contributed by atoms with Gasteiger partial charge < -0.3 is 10.6 Å². The molecule has 0 spiro atoms. The highest BCUT2D eigenvalue weighted by Crippen LogP contribution is 2.39. The Balaban J connectivity index is 1.87. The Kier molecular flexibility index (Phi) is 2.50. The molecule has 2 aliphatic rings. The van der Waals surface area contributed by atoms with Gasteiger partial charge >= 0.3 is 0 Å². The van der Waals surface area contributed by atoms with Crippen LogP contribution in [0.25, 0.3) is 0 Å². The van der Waals surface area contributed by atoms with Crippen molar-refractivity contribution in [1.82, 2.24) is 9.97 Å². The number of aromatic nitrogens is 2. The van der Waals surface area contributed by atoms with E-state index in [-0.39, 0.29) is 0 Å². The fraction of sp³-hybridized carbons (Fsp3) is 0.636. The Morgan fingerprint density at radius 3 is 2.75 bits per heavy atom. The molecule has 2 saturated carbocycles. The number of rotatable bonds is 4. The summed E-state index contributed by atoms with van der Waals surface area (Å²) < 4.78 is 0.953. The molecule has 5 heteroatoms. The van der Waals surface area contributed by atoms with Gasteiger partial charge in [-0.3, -0.25) is 0 Å². The molecule has 3 rings (SSSR count). The second-order valence-electron chi connectivity index (χ2n) is 4.73. The summed E-state index contributed by atoms with van der Waals surface area (Å²) in [6, 6.07) is 0.672. The third-order valence-corrected chi connectivity index (χ3v) is 3.72. The van der Waals surface area contributed by atoms with Crippen molar-refractivity contribution in [2.24, 2.45) is 5.92 Å². The van der Waals surface area contributed by atoms with Crippen LogP contribution in [-0.4, -0.2) is 22.6 Å². The van der Waals surface area contributed by atoms with Gasteiger partial charge in [0.05, 0.1) is 4.47 Å². The lowest BCUT2D eigenvalue weighted by atomic mass is 10.3. The summed E-state index contributed by atoms with van der Waals surface area (Å²) in [4.78, 5) is 10.8. The molecule has 0 atom stereocenters. The molecule has 0 bridgehead atoms. The topological polar surface area (TPSA) is 55.0 Å². The first-order chi connectivity index (χ1) is 7.74. The van der Waals surface area contributed by atoms with Gasteiger partial charge in [0.15, 0.2) is 0 Å². The zero-order valence-corrected chi connectivity index (χ0v) is 10.7. The van der Waals surface area contributed by atoms with Crippen molar-refractivity contribution >= 4 is 27.7 Å². The fourth-order valence-electron chi connectivity index (χ4n) is 1.95. The molecule has 1 heterocycles. The third-order valence-electron chi connectivity index (χ3n) is 3.16. The predicted molar refractivity (Wildman–Crippen MR) is 67.2 cm³/mol. The van der Waals surface area contributed by atoms with Crippen LogP contribution in [0.2, 0.25) is 0 Å². The summed E-state index contributed by atoms with van der Waals surface area (Å²) in [7, 11) is 0.